The molecular formula is C23H31N5O4S. The molecule has 9 nitrogen and oxygen atoms in total. The third-order valence-corrected chi connectivity index (χ3v) is 8.13. The van der Waals surface area contributed by atoms with Crippen molar-refractivity contribution in [2.24, 2.45) is 5.92 Å². The van der Waals surface area contributed by atoms with Crippen LogP contribution >= 0.6 is 0 Å². The molecule has 0 aliphatic carbocycles. The van der Waals surface area contributed by atoms with Crippen LogP contribution in [0.4, 0.5) is 0 Å². The van der Waals surface area contributed by atoms with E-state index in [9.17, 15) is 13.2 Å². The van der Waals surface area contributed by atoms with Crippen molar-refractivity contribution in [3.63, 3.8) is 0 Å². The average Bonchev–Trinajstić information content (AvgIpc) is 3.45. The van der Waals surface area contributed by atoms with Crippen LogP contribution in [-0.2, 0) is 26.7 Å². The smallest absolute Gasteiger partial charge is 0.283 e. The Balaban J connectivity index is 1.77. The fourth-order valence-corrected chi connectivity index (χ4v) is 5.26. The normalized spacial score (nSPS) is 15.8. The molecule has 1 amide bonds. The van der Waals surface area contributed by atoms with Crippen LogP contribution in [-0.4, -0.2) is 53.3 Å². The lowest BCUT2D eigenvalue weighted by molar-refractivity contribution is 0.0610. The maximum atomic E-state index is 13.2. The molecule has 0 radical (unpaired) electrons. The third-order valence-electron chi connectivity index (χ3n) is 6.58. The summed E-state index contributed by atoms with van der Waals surface area (Å²) in [6.07, 6.45) is 5.37. The summed E-state index contributed by atoms with van der Waals surface area (Å²) in [5.41, 5.74) is 1.57. The van der Waals surface area contributed by atoms with Gasteiger partial charge in [-0.05, 0) is 43.4 Å². The number of rotatable bonds is 7. The van der Waals surface area contributed by atoms with E-state index in [2.05, 4.69) is 35.8 Å². The molecule has 178 valence electrons. The quantitative estimate of drug-likeness (QED) is 0.565. The van der Waals surface area contributed by atoms with Gasteiger partial charge in [-0.2, -0.15) is 17.6 Å². The molecule has 3 heterocycles. The lowest BCUT2D eigenvalue weighted by Gasteiger charge is -2.28. The largest absolute Gasteiger partial charge is 0.381 e. The lowest BCUT2D eigenvalue weighted by Crippen LogP contribution is -2.26. The number of fused-ring (bicyclic) bond motifs is 1. The van der Waals surface area contributed by atoms with Crippen molar-refractivity contribution < 1.29 is 17.9 Å². The van der Waals surface area contributed by atoms with Crippen molar-refractivity contribution in [3.05, 3.63) is 42.0 Å². The summed E-state index contributed by atoms with van der Waals surface area (Å²) in [5, 5.41) is 6.36. The number of hydrogen-bond donors (Lipinski definition) is 1. The van der Waals surface area contributed by atoms with Gasteiger partial charge in [-0.1, -0.05) is 20.8 Å². The number of carbonyl (C=O) groups excluding carboxylic acids is 1. The summed E-state index contributed by atoms with van der Waals surface area (Å²) < 4.78 is 35.0. The Morgan fingerprint density at radius 3 is 2.67 bits per heavy atom. The van der Waals surface area contributed by atoms with Gasteiger partial charge in [-0.15, -0.1) is 0 Å². The molecule has 4 rings (SSSR count). The van der Waals surface area contributed by atoms with Crippen molar-refractivity contribution in [1.82, 2.24) is 24.1 Å². The van der Waals surface area contributed by atoms with Crippen LogP contribution in [0.5, 0.6) is 0 Å². The molecule has 0 atom stereocenters. The molecule has 33 heavy (non-hydrogen) atoms. The van der Waals surface area contributed by atoms with E-state index in [0.717, 1.165) is 54.4 Å². The van der Waals surface area contributed by atoms with Gasteiger partial charge in [-0.25, -0.2) is 4.98 Å². The van der Waals surface area contributed by atoms with Gasteiger partial charge in [0.2, 0.25) is 0 Å². The molecule has 1 saturated heterocycles. The van der Waals surface area contributed by atoms with Crippen molar-refractivity contribution >= 4 is 27.0 Å². The van der Waals surface area contributed by atoms with Crippen molar-refractivity contribution in [2.75, 3.05) is 20.3 Å². The Hall–Kier alpha value is -2.72. The fraction of sp³-hybridized carbons (Fsp3) is 0.522. The minimum atomic E-state index is -3.96. The second kappa shape index (κ2) is 8.90. The molecule has 3 aromatic rings. The van der Waals surface area contributed by atoms with E-state index in [1.54, 1.807) is 12.1 Å². The zero-order valence-corrected chi connectivity index (χ0v) is 20.4. The van der Waals surface area contributed by atoms with Crippen LogP contribution in [0.2, 0.25) is 0 Å². The van der Waals surface area contributed by atoms with Crippen molar-refractivity contribution in [1.29, 1.82) is 0 Å². The van der Waals surface area contributed by atoms with Gasteiger partial charge in [0.25, 0.3) is 15.9 Å². The number of benzene rings is 1. The van der Waals surface area contributed by atoms with Gasteiger partial charge in [0.1, 0.15) is 5.82 Å². The molecule has 1 fully saturated rings. The van der Waals surface area contributed by atoms with Gasteiger partial charge in [0, 0.05) is 32.2 Å². The number of carbonyl (C=O) groups is 1. The van der Waals surface area contributed by atoms with Crippen molar-refractivity contribution in [2.45, 2.75) is 56.9 Å². The second-order valence-corrected chi connectivity index (χ2v) is 11.0. The van der Waals surface area contributed by atoms with Gasteiger partial charge in [0.15, 0.2) is 0 Å². The van der Waals surface area contributed by atoms with Crippen molar-refractivity contribution in [3.8, 4) is 0 Å². The van der Waals surface area contributed by atoms with Crippen LogP contribution < -0.4 is 5.32 Å². The molecule has 1 aliphatic rings. The zero-order valence-electron chi connectivity index (χ0n) is 19.5. The lowest BCUT2D eigenvalue weighted by atomic mass is 9.89. The predicted molar refractivity (Wildman–Crippen MR) is 125 cm³/mol. The fourth-order valence-electron chi connectivity index (χ4n) is 4.12. The van der Waals surface area contributed by atoms with E-state index < -0.39 is 15.9 Å². The number of aromatic nitrogens is 4. The highest BCUT2D eigenvalue weighted by atomic mass is 32.2. The second-order valence-electron chi connectivity index (χ2n) is 9.18. The number of hydrogen-bond acceptors (Lipinski definition) is 6. The number of imidazole rings is 1. The van der Waals surface area contributed by atoms with Gasteiger partial charge < -0.3 is 14.6 Å². The average molecular weight is 474 g/mol. The Morgan fingerprint density at radius 2 is 2.00 bits per heavy atom. The number of amides is 1. The topological polar surface area (TPSA) is 108 Å². The number of nitrogens with one attached hydrogen (secondary N) is 1. The maximum Gasteiger partial charge on any atom is 0.283 e. The highest BCUT2D eigenvalue weighted by Gasteiger charge is 2.29. The Kier molecular flexibility index (Phi) is 6.32. The van der Waals surface area contributed by atoms with E-state index in [4.69, 9.17) is 9.72 Å². The van der Waals surface area contributed by atoms with Crippen LogP contribution in [0.25, 0.3) is 11.0 Å². The Labute approximate surface area is 194 Å². The summed E-state index contributed by atoms with van der Waals surface area (Å²) >= 11 is 0. The molecule has 10 heteroatoms. The number of ether oxygens (including phenoxy) is 1. The molecule has 0 saturated carbocycles. The monoisotopic (exact) mass is 473 g/mol. The first-order valence-electron chi connectivity index (χ1n) is 11.3. The summed E-state index contributed by atoms with van der Waals surface area (Å²) in [6.45, 7) is 8.84. The Bertz CT molecular complexity index is 1270. The van der Waals surface area contributed by atoms with Crippen LogP contribution in [0.3, 0.4) is 0 Å². The number of nitrogens with zero attached hydrogens (tertiary/aromatic N) is 4. The van der Waals surface area contributed by atoms with E-state index in [-0.39, 0.29) is 15.9 Å². The summed E-state index contributed by atoms with van der Waals surface area (Å²) in [4.78, 5) is 16.8. The van der Waals surface area contributed by atoms with Gasteiger partial charge in [-0.3, -0.25) is 4.79 Å². The molecule has 1 aromatic carbocycles. The van der Waals surface area contributed by atoms with Gasteiger partial charge in [0.05, 0.1) is 33.9 Å². The molecular weight excluding hydrogens is 442 g/mol. The minimum absolute atomic E-state index is 0.0816. The van der Waals surface area contributed by atoms with E-state index in [1.807, 2.05) is 6.07 Å². The Morgan fingerprint density at radius 1 is 1.27 bits per heavy atom. The highest BCUT2D eigenvalue weighted by Crippen LogP contribution is 2.32. The molecule has 0 unspecified atom stereocenters. The first-order chi connectivity index (χ1) is 15.7. The predicted octanol–water partition coefficient (Wildman–Crippen LogP) is 2.94. The zero-order chi connectivity index (χ0) is 23.8. The maximum absolute atomic E-state index is 13.2. The van der Waals surface area contributed by atoms with Gasteiger partial charge >= 0.3 is 0 Å². The van der Waals surface area contributed by atoms with E-state index >= 15 is 0 Å². The molecule has 2 aromatic heterocycles. The van der Waals surface area contributed by atoms with E-state index in [0.29, 0.717) is 11.4 Å². The summed E-state index contributed by atoms with van der Waals surface area (Å²) in [6, 6.07) is 5.01. The first-order valence-corrected chi connectivity index (χ1v) is 12.7. The highest BCUT2D eigenvalue weighted by molar-refractivity contribution is 7.89. The standard InChI is InChI=1S/C23H31N5O4S/c1-5-23(2,3)22-26-19-12-18(33(30,31)28-15-17(13-25-28)21(29)24-4)6-7-20(19)27(22)14-16-8-10-32-11-9-16/h6-7,12-13,15-16H,5,8-11,14H2,1-4H3,(H,24,29). The summed E-state index contributed by atoms with van der Waals surface area (Å²) in [7, 11) is -2.48. The summed E-state index contributed by atoms with van der Waals surface area (Å²) in [5.74, 6) is 1.06. The molecule has 0 bridgehead atoms. The van der Waals surface area contributed by atoms with Crippen LogP contribution in [0, 0.1) is 5.92 Å². The van der Waals surface area contributed by atoms with E-state index in [1.165, 1.54) is 19.4 Å². The first kappa shape index (κ1) is 23.4. The third kappa shape index (κ3) is 4.41. The SMILES string of the molecule is CCC(C)(C)c1nc2cc(S(=O)(=O)n3cc(C(=O)NC)cn3)ccc2n1CC1CCOCC1. The minimum Gasteiger partial charge on any atom is -0.381 e. The van der Waals surface area contributed by atoms with Crippen LogP contribution in [0.15, 0.2) is 35.5 Å². The van der Waals surface area contributed by atoms with Crippen LogP contribution in [0.1, 0.15) is 56.2 Å². The molecule has 0 spiro atoms. The molecule has 1 N–H and O–H groups in total. The molecule has 1 aliphatic heterocycles.